The zero-order chi connectivity index (χ0) is 15.6. The first kappa shape index (κ1) is 12.8. The molecule has 2 heteroatoms. The normalized spacial score (nSPS) is 15.6. The summed E-state index contributed by atoms with van der Waals surface area (Å²) in [5, 5.41) is 0. The summed E-state index contributed by atoms with van der Waals surface area (Å²) in [7, 11) is 0. The molecule has 5 rings (SSSR count). The molecule has 2 aliphatic rings. The first-order chi connectivity index (χ1) is 11.2. The van der Waals surface area contributed by atoms with Crippen LogP contribution in [0.25, 0.3) is 11.1 Å². The van der Waals surface area contributed by atoms with Crippen molar-refractivity contribution in [2.75, 3.05) is 0 Å². The minimum Gasteiger partial charge on any atom is -0.440 e. The third-order valence-corrected chi connectivity index (χ3v) is 4.92. The highest BCUT2D eigenvalue weighted by Gasteiger charge is 2.52. The Morgan fingerprint density at radius 1 is 0.652 bits per heavy atom. The molecule has 112 valence electrons. The van der Waals surface area contributed by atoms with Crippen molar-refractivity contribution in [1.82, 2.24) is 0 Å². The van der Waals surface area contributed by atoms with Gasteiger partial charge in [0.05, 0.1) is 0 Å². The van der Waals surface area contributed by atoms with E-state index >= 15 is 0 Å². The molecule has 0 saturated heterocycles. The molecule has 3 aromatic carbocycles. The van der Waals surface area contributed by atoms with Gasteiger partial charge in [0, 0.05) is 11.1 Å². The van der Waals surface area contributed by atoms with Crippen LogP contribution in [0.1, 0.15) is 22.3 Å². The zero-order valence-corrected chi connectivity index (χ0v) is 13.1. The maximum Gasteiger partial charge on any atom is 0.306 e. The van der Waals surface area contributed by atoms with E-state index in [1.165, 1.54) is 22.3 Å². The van der Waals surface area contributed by atoms with Crippen LogP contribution in [0.5, 0.6) is 11.5 Å². The van der Waals surface area contributed by atoms with Crippen LogP contribution >= 0.6 is 0 Å². The Bertz CT molecular complexity index is 877. The monoisotopic (exact) mass is 300 g/mol. The molecule has 0 N–H and O–H groups in total. The van der Waals surface area contributed by atoms with Crippen molar-refractivity contribution in [2.24, 2.45) is 0 Å². The van der Waals surface area contributed by atoms with Gasteiger partial charge in [0.1, 0.15) is 0 Å². The zero-order valence-electron chi connectivity index (χ0n) is 13.1. The molecular formula is C21H16O2. The average molecular weight is 300 g/mol. The lowest BCUT2D eigenvalue weighted by Gasteiger charge is -2.25. The van der Waals surface area contributed by atoms with E-state index in [2.05, 4.69) is 62.4 Å². The van der Waals surface area contributed by atoms with E-state index in [9.17, 15) is 0 Å². The highest BCUT2D eigenvalue weighted by atomic mass is 16.7. The van der Waals surface area contributed by atoms with Crippen LogP contribution in [0.4, 0.5) is 0 Å². The van der Waals surface area contributed by atoms with Crippen LogP contribution in [0.2, 0.25) is 0 Å². The third kappa shape index (κ3) is 1.53. The fourth-order valence-corrected chi connectivity index (χ4v) is 3.63. The summed E-state index contributed by atoms with van der Waals surface area (Å²) in [5.74, 6) is 0.787. The summed E-state index contributed by atoms with van der Waals surface area (Å²) in [6.45, 7) is 4.20. The fourth-order valence-electron chi connectivity index (χ4n) is 3.63. The molecule has 0 saturated carbocycles. The van der Waals surface area contributed by atoms with Crippen molar-refractivity contribution in [2.45, 2.75) is 19.6 Å². The van der Waals surface area contributed by atoms with E-state index in [1.807, 2.05) is 12.1 Å². The summed E-state index contributed by atoms with van der Waals surface area (Å²) >= 11 is 0. The molecule has 0 radical (unpaired) electrons. The lowest BCUT2D eigenvalue weighted by Crippen LogP contribution is -2.34. The van der Waals surface area contributed by atoms with E-state index in [1.54, 1.807) is 0 Å². The van der Waals surface area contributed by atoms with Crippen molar-refractivity contribution < 1.29 is 9.47 Å². The predicted octanol–water partition coefficient (Wildman–Crippen LogP) is 4.96. The molecule has 0 amide bonds. The van der Waals surface area contributed by atoms with Gasteiger partial charge in [-0.2, -0.15) is 0 Å². The Kier molecular flexibility index (Phi) is 2.31. The first-order valence-corrected chi connectivity index (χ1v) is 7.88. The minimum atomic E-state index is -0.851. The number of aryl methyl sites for hydroxylation is 2. The van der Waals surface area contributed by atoms with Gasteiger partial charge >= 0.3 is 5.79 Å². The van der Waals surface area contributed by atoms with Crippen molar-refractivity contribution in [3.05, 3.63) is 82.9 Å². The number of benzene rings is 3. The lowest BCUT2D eigenvalue weighted by molar-refractivity contribution is -0.0417. The van der Waals surface area contributed by atoms with Gasteiger partial charge in [-0.05, 0) is 48.2 Å². The van der Waals surface area contributed by atoms with Crippen molar-refractivity contribution in [3.63, 3.8) is 0 Å². The molecule has 1 heterocycles. The topological polar surface area (TPSA) is 18.5 Å². The molecule has 3 aromatic rings. The smallest absolute Gasteiger partial charge is 0.306 e. The van der Waals surface area contributed by atoms with Gasteiger partial charge in [-0.3, -0.25) is 0 Å². The second kappa shape index (κ2) is 4.17. The van der Waals surface area contributed by atoms with Gasteiger partial charge in [-0.25, -0.2) is 0 Å². The first-order valence-electron chi connectivity index (χ1n) is 7.88. The molecule has 1 spiro atoms. The molecule has 2 nitrogen and oxygen atoms in total. The number of fused-ring (bicyclic) bond motifs is 6. The Morgan fingerprint density at radius 3 is 1.57 bits per heavy atom. The Morgan fingerprint density at radius 2 is 1.09 bits per heavy atom. The summed E-state index contributed by atoms with van der Waals surface area (Å²) in [6, 6.07) is 20.8. The van der Waals surface area contributed by atoms with E-state index in [0.717, 1.165) is 22.6 Å². The van der Waals surface area contributed by atoms with Crippen LogP contribution in [0.3, 0.4) is 0 Å². The largest absolute Gasteiger partial charge is 0.440 e. The molecular weight excluding hydrogens is 284 g/mol. The maximum atomic E-state index is 6.42. The lowest BCUT2D eigenvalue weighted by atomic mass is 10.0. The average Bonchev–Trinajstić information content (AvgIpc) is 3.06. The van der Waals surface area contributed by atoms with Crippen LogP contribution in [0.15, 0.2) is 60.7 Å². The minimum absolute atomic E-state index is 0.819. The van der Waals surface area contributed by atoms with Crippen molar-refractivity contribution in [1.29, 1.82) is 0 Å². The molecule has 1 aliphatic heterocycles. The Hall–Kier alpha value is -2.74. The van der Waals surface area contributed by atoms with E-state index < -0.39 is 5.79 Å². The van der Waals surface area contributed by atoms with E-state index in [0.29, 0.717) is 0 Å². The second-order valence-corrected chi connectivity index (χ2v) is 6.30. The molecule has 23 heavy (non-hydrogen) atoms. The standard InChI is InChI=1S/C21H16O2/c1-13-11-19-20(12-14(13)2)23-21(22-19)17-9-5-3-7-15(17)16-8-4-6-10-18(16)21/h3-12H,1-2H3. The van der Waals surface area contributed by atoms with Crippen LogP contribution in [-0.4, -0.2) is 0 Å². The van der Waals surface area contributed by atoms with Crippen LogP contribution < -0.4 is 9.47 Å². The second-order valence-electron chi connectivity index (χ2n) is 6.30. The summed E-state index contributed by atoms with van der Waals surface area (Å²) in [6.07, 6.45) is 0. The summed E-state index contributed by atoms with van der Waals surface area (Å²) in [4.78, 5) is 0. The number of hydrogen-bond acceptors (Lipinski definition) is 2. The van der Waals surface area contributed by atoms with Gasteiger partial charge in [0.2, 0.25) is 0 Å². The van der Waals surface area contributed by atoms with Crippen LogP contribution in [0, 0.1) is 13.8 Å². The quantitative estimate of drug-likeness (QED) is 0.584. The fraction of sp³-hybridized carbons (Fsp3) is 0.143. The summed E-state index contributed by atoms with van der Waals surface area (Å²) < 4.78 is 12.8. The summed E-state index contributed by atoms with van der Waals surface area (Å²) in [5.41, 5.74) is 6.95. The van der Waals surface area contributed by atoms with Gasteiger partial charge in [-0.15, -0.1) is 0 Å². The molecule has 0 bridgehead atoms. The third-order valence-electron chi connectivity index (χ3n) is 4.92. The molecule has 0 unspecified atom stereocenters. The van der Waals surface area contributed by atoms with Gasteiger partial charge in [-0.1, -0.05) is 48.5 Å². The molecule has 1 aliphatic carbocycles. The molecule has 0 fully saturated rings. The predicted molar refractivity (Wildman–Crippen MR) is 89.8 cm³/mol. The number of hydrogen-bond donors (Lipinski definition) is 0. The van der Waals surface area contributed by atoms with Gasteiger partial charge < -0.3 is 9.47 Å². The SMILES string of the molecule is Cc1cc2c(cc1C)OC1(O2)c2ccccc2-c2ccccc21. The highest BCUT2D eigenvalue weighted by Crippen LogP contribution is 2.55. The molecule has 0 aromatic heterocycles. The molecule has 0 atom stereocenters. The van der Waals surface area contributed by atoms with Gasteiger partial charge in [0.15, 0.2) is 11.5 Å². The number of rotatable bonds is 0. The van der Waals surface area contributed by atoms with Crippen molar-refractivity contribution in [3.8, 4) is 22.6 Å². The Labute approximate surface area is 135 Å². The highest BCUT2D eigenvalue weighted by molar-refractivity contribution is 5.80. The van der Waals surface area contributed by atoms with E-state index in [-0.39, 0.29) is 0 Å². The number of ether oxygens (including phenoxy) is 2. The Balaban J connectivity index is 1.78. The van der Waals surface area contributed by atoms with E-state index in [4.69, 9.17) is 9.47 Å². The van der Waals surface area contributed by atoms with Gasteiger partial charge in [0.25, 0.3) is 0 Å². The van der Waals surface area contributed by atoms with Crippen molar-refractivity contribution >= 4 is 0 Å². The van der Waals surface area contributed by atoms with Crippen LogP contribution in [-0.2, 0) is 5.79 Å². The maximum absolute atomic E-state index is 6.42.